The monoisotopic (exact) mass is 506 g/mol. The third-order valence-corrected chi connectivity index (χ3v) is 6.52. The van der Waals surface area contributed by atoms with Gasteiger partial charge in [-0.2, -0.15) is 0 Å². The van der Waals surface area contributed by atoms with Crippen LogP contribution in [0.15, 0.2) is 35.3 Å². The van der Waals surface area contributed by atoms with Crippen LogP contribution >= 0.6 is 24.0 Å². The standard InChI is InChI=1S/C20H34N4OS.HI/c1-20(2,3)26(25)14-12-22-19(21-4)23-18-11-8-13-24(16-18)15-17-9-6-5-7-10-17;/h5-7,9-10,18H,8,11-16H2,1-4H3,(H2,21,22,23);1H. The highest BCUT2D eigenvalue weighted by Gasteiger charge is 2.21. The number of aliphatic imine (C=N–C) groups is 1. The lowest BCUT2D eigenvalue weighted by Gasteiger charge is -2.34. The normalized spacial score (nSPS) is 19.9. The highest BCUT2D eigenvalue weighted by Crippen LogP contribution is 2.14. The first-order valence-corrected chi connectivity index (χ1v) is 10.8. The summed E-state index contributed by atoms with van der Waals surface area (Å²) in [5.41, 5.74) is 1.36. The molecule has 0 amide bonds. The van der Waals surface area contributed by atoms with Crippen LogP contribution in [0.4, 0.5) is 0 Å². The molecular formula is C20H35IN4OS. The molecule has 0 saturated carbocycles. The molecular weight excluding hydrogens is 471 g/mol. The van der Waals surface area contributed by atoms with E-state index >= 15 is 0 Å². The maximum Gasteiger partial charge on any atom is 0.191 e. The van der Waals surface area contributed by atoms with Crippen LogP contribution in [0.3, 0.4) is 0 Å². The number of guanidine groups is 1. The Morgan fingerprint density at radius 2 is 2.00 bits per heavy atom. The van der Waals surface area contributed by atoms with Gasteiger partial charge in [-0.1, -0.05) is 30.3 Å². The number of hydrogen-bond donors (Lipinski definition) is 2. The number of piperidine rings is 1. The number of halogens is 1. The van der Waals surface area contributed by atoms with Gasteiger partial charge < -0.3 is 10.6 Å². The van der Waals surface area contributed by atoms with E-state index in [1.54, 1.807) is 7.05 Å². The first-order valence-electron chi connectivity index (χ1n) is 9.50. The van der Waals surface area contributed by atoms with Gasteiger partial charge in [0.25, 0.3) is 0 Å². The fourth-order valence-electron chi connectivity index (χ4n) is 3.11. The summed E-state index contributed by atoms with van der Waals surface area (Å²) in [5, 5.41) is 6.84. The van der Waals surface area contributed by atoms with Crippen LogP contribution in [0.2, 0.25) is 0 Å². The number of likely N-dealkylation sites (tertiary alicyclic amines) is 1. The summed E-state index contributed by atoms with van der Waals surface area (Å²) in [6.07, 6.45) is 2.34. The van der Waals surface area contributed by atoms with Crippen molar-refractivity contribution in [1.29, 1.82) is 0 Å². The van der Waals surface area contributed by atoms with E-state index in [1.165, 1.54) is 12.0 Å². The Hall–Kier alpha value is -0.670. The van der Waals surface area contributed by atoms with Crippen molar-refractivity contribution < 1.29 is 4.21 Å². The average Bonchev–Trinajstić information content (AvgIpc) is 2.61. The van der Waals surface area contributed by atoms with Crippen LogP contribution in [0.25, 0.3) is 0 Å². The molecule has 1 aliphatic heterocycles. The lowest BCUT2D eigenvalue weighted by atomic mass is 10.0. The molecule has 5 nitrogen and oxygen atoms in total. The second kappa shape index (κ2) is 12.0. The van der Waals surface area contributed by atoms with Gasteiger partial charge >= 0.3 is 0 Å². The van der Waals surface area contributed by atoms with E-state index in [0.717, 1.165) is 32.0 Å². The van der Waals surface area contributed by atoms with Crippen LogP contribution in [-0.4, -0.2) is 58.3 Å². The number of benzene rings is 1. The summed E-state index contributed by atoms with van der Waals surface area (Å²) in [5.74, 6) is 1.44. The molecule has 1 heterocycles. The lowest BCUT2D eigenvalue weighted by Crippen LogP contribution is -2.51. The van der Waals surface area contributed by atoms with Crippen molar-refractivity contribution in [3.63, 3.8) is 0 Å². The molecule has 1 aliphatic rings. The molecule has 0 radical (unpaired) electrons. The SMILES string of the molecule is CN=C(NCCS(=O)C(C)(C)C)NC1CCCN(Cc2ccccc2)C1.I. The van der Waals surface area contributed by atoms with Crippen molar-refractivity contribution >= 4 is 40.7 Å². The maximum absolute atomic E-state index is 12.1. The minimum Gasteiger partial charge on any atom is -0.355 e. The molecule has 2 unspecified atom stereocenters. The van der Waals surface area contributed by atoms with Gasteiger partial charge in [-0.05, 0) is 45.7 Å². The molecule has 27 heavy (non-hydrogen) atoms. The van der Waals surface area contributed by atoms with Crippen LogP contribution in [-0.2, 0) is 17.3 Å². The molecule has 2 N–H and O–H groups in total. The Balaban J connectivity index is 0.00000364. The first-order chi connectivity index (χ1) is 12.4. The Bertz CT molecular complexity index is 604. The van der Waals surface area contributed by atoms with Crippen LogP contribution in [0.5, 0.6) is 0 Å². The van der Waals surface area contributed by atoms with Crippen molar-refractivity contribution in [3.8, 4) is 0 Å². The lowest BCUT2D eigenvalue weighted by molar-refractivity contribution is 0.192. The van der Waals surface area contributed by atoms with E-state index in [0.29, 0.717) is 18.3 Å². The Morgan fingerprint density at radius 3 is 2.63 bits per heavy atom. The van der Waals surface area contributed by atoms with Crippen LogP contribution in [0.1, 0.15) is 39.2 Å². The molecule has 154 valence electrons. The highest BCUT2D eigenvalue weighted by atomic mass is 127. The predicted molar refractivity (Wildman–Crippen MR) is 127 cm³/mol. The largest absolute Gasteiger partial charge is 0.355 e. The minimum absolute atomic E-state index is 0. The van der Waals surface area contributed by atoms with Gasteiger partial charge in [0.15, 0.2) is 5.96 Å². The number of rotatable bonds is 6. The predicted octanol–water partition coefficient (Wildman–Crippen LogP) is 2.98. The summed E-state index contributed by atoms with van der Waals surface area (Å²) in [6.45, 7) is 9.87. The molecule has 0 bridgehead atoms. The fourth-order valence-corrected chi connectivity index (χ4v) is 4.01. The summed E-state index contributed by atoms with van der Waals surface area (Å²) >= 11 is 0. The quantitative estimate of drug-likeness (QED) is 0.354. The van der Waals surface area contributed by atoms with Gasteiger partial charge in [0.2, 0.25) is 0 Å². The van der Waals surface area contributed by atoms with Crippen molar-refractivity contribution in [1.82, 2.24) is 15.5 Å². The van der Waals surface area contributed by atoms with Crippen molar-refractivity contribution in [2.45, 2.75) is 50.9 Å². The smallest absolute Gasteiger partial charge is 0.191 e. The first kappa shape index (κ1) is 24.4. The van der Waals surface area contributed by atoms with Crippen molar-refractivity contribution in [3.05, 3.63) is 35.9 Å². The number of nitrogens with one attached hydrogen (secondary N) is 2. The second-order valence-corrected chi connectivity index (χ2v) is 10.2. The average molecular weight is 506 g/mol. The molecule has 0 spiro atoms. The van der Waals surface area contributed by atoms with Gasteiger partial charge in [-0.25, -0.2) is 0 Å². The molecule has 1 saturated heterocycles. The Kier molecular flexibility index (Phi) is 10.8. The Labute approximate surface area is 184 Å². The molecule has 1 fully saturated rings. The van der Waals surface area contributed by atoms with Crippen LogP contribution < -0.4 is 10.6 Å². The second-order valence-electron chi connectivity index (χ2n) is 7.87. The topological polar surface area (TPSA) is 56.7 Å². The molecule has 1 aromatic carbocycles. The summed E-state index contributed by atoms with van der Waals surface area (Å²) < 4.78 is 12.0. The fraction of sp³-hybridized carbons (Fsp3) is 0.650. The number of hydrogen-bond acceptors (Lipinski definition) is 3. The van der Waals surface area contributed by atoms with Gasteiger partial charge in [0.1, 0.15) is 0 Å². The molecule has 7 heteroatoms. The minimum atomic E-state index is -0.844. The highest BCUT2D eigenvalue weighted by molar-refractivity contribution is 14.0. The summed E-state index contributed by atoms with van der Waals surface area (Å²) in [6, 6.07) is 11.0. The summed E-state index contributed by atoms with van der Waals surface area (Å²) in [7, 11) is 0.948. The van der Waals surface area contributed by atoms with Crippen molar-refractivity contribution in [2.24, 2.45) is 4.99 Å². The summed E-state index contributed by atoms with van der Waals surface area (Å²) in [4.78, 5) is 6.83. The van der Waals surface area contributed by atoms with E-state index in [9.17, 15) is 4.21 Å². The third-order valence-electron chi connectivity index (χ3n) is 4.58. The molecule has 2 rings (SSSR count). The molecule has 0 aromatic heterocycles. The van der Waals surface area contributed by atoms with Crippen LogP contribution in [0, 0.1) is 0 Å². The van der Waals surface area contributed by atoms with Gasteiger partial charge in [0, 0.05) is 54.0 Å². The molecule has 2 atom stereocenters. The van der Waals surface area contributed by atoms with E-state index in [-0.39, 0.29) is 28.7 Å². The van der Waals surface area contributed by atoms with E-state index in [2.05, 4.69) is 50.9 Å². The molecule has 1 aromatic rings. The maximum atomic E-state index is 12.1. The Morgan fingerprint density at radius 1 is 1.30 bits per heavy atom. The third kappa shape index (κ3) is 8.91. The van der Waals surface area contributed by atoms with Gasteiger partial charge in [-0.3, -0.25) is 14.1 Å². The zero-order valence-corrected chi connectivity index (χ0v) is 20.2. The van der Waals surface area contributed by atoms with Gasteiger partial charge in [-0.15, -0.1) is 24.0 Å². The van der Waals surface area contributed by atoms with Crippen molar-refractivity contribution in [2.75, 3.05) is 32.4 Å². The zero-order chi connectivity index (χ0) is 19.0. The van der Waals surface area contributed by atoms with Gasteiger partial charge in [0.05, 0.1) is 0 Å². The van der Waals surface area contributed by atoms with E-state index in [1.807, 2.05) is 20.8 Å². The van der Waals surface area contributed by atoms with E-state index < -0.39 is 10.8 Å². The molecule has 0 aliphatic carbocycles. The number of nitrogens with zero attached hydrogens (tertiary/aromatic N) is 2. The van der Waals surface area contributed by atoms with E-state index in [4.69, 9.17) is 0 Å². The zero-order valence-electron chi connectivity index (χ0n) is 17.0.